The number of benzene rings is 1. The number of hydrogen-bond acceptors (Lipinski definition) is 2. The number of aliphatic hydroxyl groups excluding tert-OH is 1. The molecule has 1 unspecified atom stereocenters. The summed E-state index contributed by atoms with van der Waals surface area (Å²) in [4.78, 5) is 2.44. The third-order valence-corrected chi connectivity index (χ3v) is 3.40. The third kappa shape index (κ3) is 2.56. The predicted molar refractivity (Wildman–Crippen MR) is 67.7 cm³/mol. The van der Waals surface area contributed by atoms with Crippen LogP contribution in [-0.2, 0) is 0 Å². The first-order valence-electron chi connectivity index (χ1n) is 6.20. The standard InChI is InChI=1S/C14H21NO/c1-11-4-3-9-15(10-11)14-7-5-13(6-8-14)12(2)16/h5-8,11-12,16H,3-4,9-10H2,1-2H3/t11?,12-/m1/s1. The zero-order valence-electron chi connectivity index (χ0n) is 10.2. The number of rotatable bonds is 2. The maximum absolute atomic E-state index is 9.45. The summed E-state index contributed by atoms with van der Waals surface area (Å²) >= 11 is 0. The summed E-state index contributed by atoms with van der Waals surface area (Å²) in [6.45, 7) is 6.45. The molecule has 1 aromatic carbocycles. The molecule has 0 aliphatic carbocycles. The van der Waals surface area contributed by atoms with Crippen LogP contribution in [0.25, 0.3) is 0 Å². The molecule has 2 rings (SSSR count). The second kappa shape index (κ2) is 4.88. The summed E-state index contributed by atoms with van der Waals surface area (Å²) < 4.78 is 0. The van der Waals surface area contributed by atoms with Crippen LogP contribution in [0.4, 0.5) is 5.69 Å². The van der Waals surface area contributed by atoms with E-state index in [9.17, 15) is 5.11 Å². The topological polar surface area (TPSA) is 23.5 Å². The van der Waals surface area contributed by atoms with E-state index >= 15 is 0 Å². The molecule has 1 N–H and O–H groups in total. The van der Waals surface area contributed by atoms with E-state index in [-0.39, 0.29) is 6.10 Å². The van der Waals surface area contributed by atoms with Crippen LogP contribution in [-0.4, -0.2) is 18.2 Å². The highest BCUT2D eigenvalue weighted by molar-refractivity contribution is 5.48. The first-order valence-corrected chi connectivity index (χ1v) is 6.20. The van der Waals surface area contributed by atoms with Crippen LogP contribution < -0.4 is 4.90 Å². The Bertz CT molecular complexity index is 331. The van der Waals surface area contributed by atoms with Crippen LogP contribution in [0.5, 0.6) is 0 Å². The maximum Gasteiger partial charge on any atom is 0.0761 e. The predicted octanol–water partition coefficient (Wildman–Crippen LogP) is 2.98. The lowest BCUT2D eigenvalue weighted by Crippen LogP contribution is -2.34. The largest absolute Gasteiger partial charge is 0.389 e. The van der Waals surface area contributed by atoms with Crippen molar-refractivity contribution in [3.05, 3.63) is 29.8 Å². The number of nitrogens with zero attached hydrogens (tertiary/aromatic N) is 1. The van der Waals surface area contributed by atoms with Crippen molar-refractivity contribution in [2.45, 2.75) is 32.8 Å². The van der Waals surface area contributed by atoms with Crippen molar-refractivity contribution in [3.63, 3.8) is 0 Å². The SMILES string of the molecule is CC1CCCN(c2ccc([C@@H](C)O)cc2)C1. The van der Waals surface area contributed by atoms with Crippen molar-refractivity contribution < 1.29 is 5.11 Å². The molecule has 2 heteroatoms. The average molecular weight is 219 g/mol. The molecular formula is C14H21NO. The summed E-state index contributed by atoms with van der Waals surface area (Å²) in [5, 5.41) is 9.45. The molecule has 88 valence electrons. The molecule has 1 aliphatic heterocycles. The van der Waals surface area contributed by atoms with Crippen molar-refractivity contribution in [1.29, 1.82) is 0 Å². The minimum atomic E-state index is -0.366. The summed E-state index contributed by atoms with van der Waals surface area (Å²) in [7, 11) is 0. The van der Waals surface area contributed by atoms with Gasteiger partial charge in [-0.25, -0.2) is 0 Å². The minimum Gasteiger partial charge on any atom is -0.389 e. The second-order valence-corrected chi connectivity index (χ2v) is 4.96. The van der Waals surface area contributed by atoms with Gasteiger partial charge in [0.1, 0.15) is 0 Å². The highest BCUT2D eigenvalue weighted by Gasteiger charge is 2.16. The fourth-order valence-electron chi connectivity index (χ4n) is 2.39. The van der Waals surface area contributed by atoms with Gasteiger partial charge < -0.3 is 10.0 Å². The highest BCUT2D eigenvalue weighted by atomic mass is 16.3. The van der Waals surface area contributed by atoms with Crippen molar-refractivity contribution in [2.24, 2.45) is 5.92 Å². The summed E-state index contributed by atoms with van der Waals surface area (Å²) in [5.74, 6) is 0.796. The smallest absolute Gasteiger partial charge is 0.0761 e. The van der Waals surface area contributed by atoms with Gasteiger partial charge >= 0.3 is 0 Å². The minimum absolute atomic E-state index is 0.366. The van der Waals surface area contributed by atoms with Gasteiger partial charge in [-0.2, -0.15) is 0 Å². The molecule has 16 heavy (non-hydrogen) atoms. The van der Waals surface area contributed by atoms with E-state index in [1.807, 2.05) is 12.1 Å². The molecule has 0 spiro atoms. The molecule has 1 heterocycles. The van der Waals surface area contributed by atoms with Crippen molar-refractivity contribution in [1.82, 2.24) is 0 Å². The van der Waals surface area contributed by atoms with Gasteiger partial charge in [0.05, 0.1) is 6.10 Å². The second-order valence-electron chi connectivity index (χ2n) is 4.96. The Labute approximate surface area is 97.9 Å². The monoisotopic (exact) mass is 219 g/mol. The van der Waals surface area contributed by atoms with Gasteiger partial charge in [-0.3, -0.25) is 0 Å². The molecular weight excluding hydrogens is 198 g/mol. The summed E-state index contributed by atoms with van der Waals surface area (Å²) in [5.41, 5.74) is 2.28. The molecule has 2 atom stereocenters. The van der Waals surface area contributed by atoms with Crippen LogP contribution in [0.15, 0.2) is 24.3 Å². The number of aliphatic hydroxyl groups is 1. The van der Waals surface area contributed by atoms with Crippen molar-refractivity contribution in [2.75, 3.05) is 18.0 Å². The third-order valence-electron chi connectivity index (χ3n) is 3.40. The van der Waals surface area contributed by atoms with E-state index in [1.165, 1.54) is 25.1 Å². The fourth-order valence-corrected chi connectivity index (χ4v) is 2.39. The van der Waals surface area contributed by atoms with E-state index in [0.717, 1.165) is 18.0 Å². The fraction of sp³-hybridized carbons (Fsp3) is 0.571. The Morgan fingerprint density at radius 3 is 2.56 bits per heavy atom. The van der Waals surface area contributed by atoms with E-state index < -0.39 is 0 Å². The van der Waals surface area contributed by atoms with Crippen molar-refractivity contribution >= 4 is 5.69 Å². The van der Waals surface area contributed by atoms with Crippen molar-refractivity contribution in [3.8, 4) is 0 Å². The highest BCUT2D eigenvalue weighted by Crippen LogP contribution is 2.24. The first kappa shape index (κ1) is 11.5. The van der Waals surface area contributed by atoms with Crippen LogP contribution in [0, 0.1) is 5.92 Å². The molecule has 1 aliphatic rings. The molecule has 2 nitrogen and oxygen atoms in total. The van der Waals surface area contributed by atoms with E-state index in [2.05, 4.69) is 24.0 Å². The molecule has 0 aromatic heterocycles. The Morgan fingerprint density at radius 1 is 1.31 bits per heavy atom. The molecule has 0 amide bonds. The van der Waals surface area contributed by atoms with Gasteiger partial charge in [-0.15, -0.1) is 0 Å². The Kier molecular flexibility index (Phi) is 3.49. The van der Waals surface area contributed by atoms with Gasteiger partial charge in [-0.1, -0.05) is 19.1 Å². The molecule has 0 bridgehead atoms. The van der Waals surface area contributed by atoms with Gasteiger partial charge in [0.2, 0.25) is 0 Å². The van der Waals surface area contributed by atoms with E-state index in [4.69, 9.17) is 0 Å². The summed E-state index contributed by atoms with van der Waals surface area (Å²) in [6.07, 6.45) is 2.27. The molecule has 0 saturated carbocycles. The quantitative estimate of drug-likeness (QED) is 0.826. The van der Waals surface area contributed by atoms with Gasteiger partial charge in [0.25, 0.3) is 0 Å². The van der Waals surface area contributed by atoms with Crippen LogP contribution in [0.1, 0.15) is 38.4 Å². The zero-order valence-corrected chi connectivity index (χ0v) is 10.2. The lowest BCUT2D eigenvalue weighted by molar-refractivity contribution is 0.199. The maximum atomic E-state index is 9.45. The molecule has 1 aromatic rings. The Balaban J connectivity index is 2.09. The lowest BCUT2D eigenvalue weighted by Gasteiger charge is -2.32. The average Bonchev–Trinajstić information content (AvgIpc) is 2.29. The van der Waals surface area contributed by atoms with Crippen LogP contribution in [0.2, 0.25) is 0 Å². The summed E-state index contributed by atoms with van der Waals surface area (Å²) in [6, 6.07) is 8.30. The first-order chi connectivity index (χ1) is 7.66. The van der Waals surface area contributed by atoms with Gasteiger partial charge in [0.15, 0.2) is 0 Å². The van der Waals surface area contributed by atoms with E-state index in [1.54, 1.807) is 6.92 Å². The zero-order chi connectivity index (χ0) is 11.5. The molecule has 0 radical (unpaired) electrons. The number of piperidine rings is 1. The number of anilines is 1. The number of hydrogen-bond donors (Lipinski definition) is 1. The Hall–Kier alpha value is -1.02. The van der Waals surface area contributed by atoms with E-state index in [0.29, 0.717) is 0 Å². The Morgan fingerprint density at radius 2 is 2.00 bits per heavy atom. The normalized spacial score (nSPS) is 23.2. The van der Waals surface area contributed by atoms with Gasteiger partial charge in [-0.05, 0) is 43.4 Å². The van der Waals surface area contributed by atoms with Crippen LogP contribution >= 0.6 is 0 Å². The lowest BCUT2D eigenvalue weighted by atomic mass is 9.99. The molecule has 1 saturated heterocycles. The van der Waals surface area contributed by atoms with Crippen LogP contribution in [0.3, 0.4) is 0 Å². The molecule has 1 fully saturated rings. The van der Waals surface area contributed by atoms with Gasteiger partial charge in [0, 0.05) is 18.8 Å².